The lowest BCUT2D eigenvalue weighted by Gasteiger charge is -2.19. The third kappa shape index (κ3) is 5.06. The normalized spacial score (nSPS) is 12.1. The highest BCUT2D eigenvalue weighted by Gasteiger charge is 2.17. The van der Waals surface area contributed by atoms with E-state index in [1.54, 1.807) is 10.9 Å². The lowest BCUT2D eigenvalue weighted by atomic mass is 9.94. The number of aryl methyl sites for hydroxylation is 2. The van der Waals surface area contributed by atoms with Crippen molar-refractivity contribution in [1.82, 2.24) is 30.4 Å². The number of fused-ring (bicyclic) bond motifs is 1. The molecule has 5 rings (SSSR count). The molecule has 7 nitrogen and oxygen atoms in total. The predicted octanol–water partition coefficient (Wildman–Crippen LogP) is 5.05. The first-order chi connectivity index (χ1) is 17.5. The van der Waals surface area contributed by atoms with Crippen molar-refractivity contribution in [3.63, 3.8) is 0 Å². The number of imidazole rings is 1. The summed E-state index contributed by atoms with van der Waals surface area (Å²) in [6.45, 7) is 5.38. The summed E-state index contributed by atoms with van der Waals surface area (Å²) >= 11 is 0. The van der Waals surface area contributed by atoms with Crippen molar-refractivity contribution in [3.05, 3.63) is 107 Å². The molecule has 7 heteroatoms. The van der Waals surface area contributed by atoms with Gasteiger partial charge in [0.25, 0.3) is 5.91 Å². The fourth-order valence-electron chi connectivity index (χ4n) is 4.60. The van der Waals surface area contributed by atoms with E-state index in [0.29, 0.717) is 18.7 Å². The highest BCUT2D eigenvalue weighted by atomic mass is 16.1. The molecule has 0 aliphatic rings. The number of benzene rings is 3. The van der Waals surface area contributed by atoms with Crippen molar-refractivity contribution in [2.45, 2.75) is 33.0 Å². The van der Waals surface area contributed by atoms with E-state index in [0.717, 1.165) is 44.4 Å². The maximum absolute atomic E-state index is 13.3. The average molecular weight is 479 g/mol. The van der Waals surface area contributed by atoms with Crippen LogP contribution in [0.5, 0.6) is 0 Å². The van der Waals surface area contributed by atoms with Crippen molar-refractivity contribution in [2.24, 2.45) is 7.05 Å². The van der Waals surface area contributed by atoms with Crippen LogP contribution in [0.3, 0.4) is 0 Å². The third-order valence-corrected chi connectivity index (χ3v) is 6.46. The van der Waals surface area contributed by atoms with Crippen LogP contribution in [0.2, 0.25) is 0 Å². The SMILES string of the molecule is Cc1cc(CNCc2ncc[nH]2)ccc1C(=O)NC(C)c1cc(-c2cnn(C)c2)cc2ccccc12. The molecule has 5 aromatic rings. The van der Waals surface area contributed by atoms with Crippen LogP contribution in [0, 0.1) is 6.92 Å². The summed E-state index contributed by atoms with van der Waals surface area (Å²) in [6.07, 6.45) is 7.43. The quantitative estimate of drug-likeness (QED) is 0.291. The van der Waals surface area contributed by atoms with Crippen molar-refractivity contribution in [1.29, 1.82) is 0 Å². The molecule has 0 saturated carbocycles. The van der Waals surface area contributed by atoms with Gasteiger partial charge in [0.05, 0.1) is 18.8 Å². The Kier molecular flexibility index (Phi) is 6.64. The minimum Gasteiger partial charge on any atom is -0.348 e. The van der Waals surface area contributed by atoms with E-state index in [1.165, 1.54) is 0 Å². The zero-order valence-corrected chi connectivity index (χ0v) is 20.7. The molecule has 2 aromatic heterocycles. The van der Waals surface area contributed by atoms with Crippen LogP contribution in [0.15, 0.2) is 79.4 Å². The van der Waals surface area contributed by atoms with Crippen molar-refractivity contribution in [2.75, 3.05) is 0 Å². The van der Waals surface area contributed by atoms with Crippen LogP contribution >= 0.6 is 0 Å². The summed E-state index contributed by atoms with van der Waals surface area (Å²) < 4.78 is 1.80. The summed E-state index contributed by atoms with van der Waals surface area (Å²) in [5, 5.41) is 13.2. The Hall–Kier alpha value is -4.23. The van der Waals surface area contributed by atoms with E-state index in [4.69, 9.17) is 0 Å². The number of hydrogen-bond donors (Lipinski definition) is 3. The smallest absolute Gasteiger partial charge is 0.252 e. The van der Waals surface area contributed by atoms with E-state index in [-0.39, 0.29) is 11.9 Å². The molecule has 0 radical (unpaired) electrons. The lowest BCUT2D eigenvalue weighted by molar-refractivity contribution is 0.0939. The Morgan fingerprint density at radius 3 is 2.69 bits per heavy atom. The van der Waals surface area contributed by atoms with Gasteiger partial charge in [0.15, 0.2) is 0 Å². The lowest BCUT2D eigenvalue weighted by Crippen LogP contribution is -2.27. The molecule has 182 valence electrons. The van der Waals surface area contributed by atoms with Crippen molar-refractivity contribution >= 4 is 16.7 Å². The van der Waals surface area contributed by atoms with Gasteiger partial charge >= 0.3 is 0 Å². The highest BCUT2D eigenvalue weighted by Crippen LogP contribution is 2.31. The molecule has 0 saturated heterocycles. The molecule has 0 bridgehead atoms. The van der Waals surface area contributed by atoms with Crippen molar-refractivity contribution < 1.29 is 4.79 Å². The topological polar surface area (TPSA) is 87.6 Å². The maximum atomic E-state index is 13.3. The summed E-state index contributed by atoms with van der Waals surface area (Å²) in [5.74, 6) is 0.822. The highest BCUT2D eigenvalue weighted by molar-refractivity contribution is 5.97. The average Bonchev–Trinajstić information content (AvgIpc) is 3.55. The number of nitrogens with zero attached hydrogens (tertiary/aromatic N) is 3. The zero-order valence-electron chi connectivity index (χ0n) is 20.7. The first kappa shape index (κ1) is 23.5. The van der Waals surface area contributed by atoms with E-state index >= 15 is 0 Å². The molecule has 3 aromatic carbocycles. The van der Waals surface area contributed by atoms with Gasteiger partial charge < -0.3 is 15.6 Å². The Morgan fingerprint density at radius 2 is 1.94 bits per heavy atom. The summed E-state index contributed by atoms with van der Waals surface area (Å²) in [4.78, 5) is 20.6. The molecular weight excluding hydrogens is 448 g/mol. The molecular formula is C29H30N6O. The number of carbonyl (C=O) groups is 1. The number of aromatic nitrogens is 4. The molecule has 1 atom stereocenters. The number of aromatic amines is 1. The predicted molar refractivity (Wildman–Crippen MR) is 142 cm³/mol. The first-order valence-corrected chi connectivity index (χ1v) is 12.1. The molecule has 36 heavy (non-hydrogen) atoms. The van der Waals surface area contributed by atoms with Crippen LogP contribution in [-0.4, -0.2) is 25.7 Å². The number of H-pyrrole nitrogens is 1. The second kappa shape index (κ2) is 10.2. The van der Waals surface area contributed by atoms with Gasteiger partial charge in [-0.15, -0.1) is 0 Å². The molecule has 3 N–H and O–H groups in total. The number of amides is 1. The fourth-order valence-corrected chi connectivity index (χ4v) is 4.60. The molecule has 0 fully saturated rings. The number of rotatable bonds is 8. The van der Waals surface area contributed by atoms with E-state index in [1.807, 2.05) is 63.8 Å². The van der Waals surface area contributed by atoms with Gasteiger partial charge in [-0.25, -0.2) is 4.98 Å². The van der Waals surface area contributed by atoms with Gasteiger partial charge in [-0.05, 0) is 65.1 Å². The maximum Gasteiger partial charge on any atom is 0.252 e. The van der Waals surface area contributed by atoms with Crippen LogP contribution in [0.25, 0.3) is 21.9 Å². The van der Waals surface area contributed by atoms with Crippen LogP contribution in [0.1, 0.15) is 45.8 Å². The van der Waals surface area contributed by atoms with Gasteiger partial charge in [0.1, 0.15) is 5.82 Å². The van der Waals surface area contributed by atoms with E-state index in [9.17, 15) is 4.79 Å². The largest absolute Gasteiger partial charge is 0.348 e. The van der Waals surface area contributed by atoms with Crippen LogP contribution in [-0.2, 0) is 20.1 Å². The molecule has 1 unspecified atom stereocenters. The minimum absolute atomic E-state index is 0.0778. The van der Waals surface area contributed by atoms with E-state index in [2.05, 4.69) is 56.0 Å². The van der Waals surface area contributed by atoms with Crippen LogP contribution < -0.4 is 10.6 Å². The monoisotopic (exact) mass is 478 g/mol. The number of nitrogens with one attached hydrogen (secondary N) is 3. The van der Waals surface area contributed by atoms with Gasteiger partial charge in [0, 0.05) is 43.3 Å². The Balaban J connectivity index is 1.33. The minimum atomic E-state index is -0.173. The fraction of sp³-hybridized carbons (Fsp3) is 0.207. The zero-order chi connectivity index (χ0) is 25.1. The van der Waals surface area contributed by atoms with Crippen LogP contribution in [0.4, 0.5) is 0 Å². The Labute approximate surface area is 210 Å². The summed E-state index contributed by atoms with van der Waals surface area (Å²) in [5.41, 5.74) is 5.97. The second-order valence-electron chi connectivity index (χ2n) is 9.17. The van der Waals surface area contributed by atoms with Gasteiger partial charge in [-0.2, -0.15) is 5.10 Å². The Bertz CT molecular complexity index is 1500. The number of carbonyl (C=O) groups excluding carboxylic acids is 1. The third-order valence-electron chi connectivity index (χ3n) is 6.46. The summed E-state index contributed by atoms with van der Waals surface area (Å²) in [7, 11) is 1.91. The van der Waals surface area contributed by atoms with Gasteiger partial charge in [-0.3, -0.25) is 9.48 Å². The Morgan fingerprint density at radius 1 is 1.08 bits per heavy atom. The summed E-state index contributed by atoms with van der Waals surface area (Å²) in [6, 6.07) is 18.4. The van der Waals surface area contributed by atoms with Gasteiger partial charge in [0.2, 0.25) is 0 Å². The molecule has 1 amide bonds. The number of hydrogen-bond acceptors (Lipinski definition) is 4. The van der Waals surface area contributed by atoms with E-state index < -0.39 is 0 Å². The van der Waals surface area contributed by atoms with Crippen molar-refractivity contribution in [3.8, 4) is 11.1 Å². The molecule has 0 aliphatic carbocycles. The molecule has 2 heterocycles. The molecule has 0 aliphatic heterocycles. The second-order valence-corrected chi connectivity index (χ2v) is 9.17. The van der Waals surface area contributed by atoms with Gasteiger partial charge in [-0.1, -0.05) is 36.4 Å². The molecule has 0 spiro atoms. The standard InChI is InChI=1S/C29H30N6O/c1-19-12-21(15-30-17-28-31-10-11-32-28)8-9-25(19)29(36)34-20(2)27-14-23(24-16-33-35(3)18-24)13-22-6-4-5-7-26(22)27/h4-14,16,18,20,30H,15,17H2,1-3H3,(H,31,32)(H,34,36). The first-order valence-electron chi connectivity index (χ1n) is 12.1.